The van der Waals surface area contributed by atoms with E-state index >= 15 is 0 Å². The summed E-state index contributed by atoms with van der Waals surface area (Å²) in [4.78, 5) is 33.2. The van der Waals surface area contributed by atoms with Gasteiger partial charge >= 0.3 is 0 Å². The number of carbonyl (C=O) groups excluding carboxylic acids is 2. The van der Waals surface area contributed by atoms with Crippen LogP contribution in [0.25, 0.3) is 43.1 Å². The van der Waals surface area contributed by atoms with Crippen LogP contribution in [0.5, 0.6) is 0 Å². The van der Waals surface area contributed by atoms with E-state index in [1.54, 1.807) is 0 Å². The molecule has 1 aliphatic heterocycles. The van der Waals surface area contributed by atoms with Crippen molar-refractivity contribution in [3.63, 3.8) is 0 Å². The fourth-order valence-corrected chi connectivity index (χ4v) is 7.84. The molecule has 0 unspecified atom stereocenters. The van der Waals surface area contributed by atoms with E-state index < -0.39 is 0 Å². The van der Waals surface area contributed by atoms with Gasteiger partial charge in [-0.25, -0.2) is 4.90 Å². The van der Waals surface area contributed by atoms with Gasteiger partial charge in [-0.1, -0.05) is 117 Å². The van der Waals surface area contributed by atoms with E-state index in [4.69, 9.17) is 0 Å². The second kappa shape index (κ2) is 11.6. The summed E-state index contributed by atoms with van der Waals surface area (Å²) >= 11 is 0. The van der Waals surface area contributed by atoms with E-state index in [0.717, 1.165) is 58.6 Å². The average Bonchev–Trinajstić information content (AvgIpc) is 3.05. The highest BCUT2D eigenvalue weighted by Crippen LogP contribution is 2.47. The van der Waals surface area contributed by atoms with Gasteiger partial charge in [-0.05, 0) is 91.4 Å². The van der Waals surface area contributed by atoms with E-state index in [1.807, 2.05) is 12.1 Å². The number of fused-ring (bicyclic) bond motifs is 2. The Labute approximate surface area is 285 Å². The molecule has 6 aromatic rings. The minimum Gasteiger partial charge on any atom is -0.371 e. The SMILES string of the molecule is CCCCN(CCCC)c1ccc2c3ccc4c5c(ccc(c6cccc1c62)c53)C(=O)N(c1cc(C(C)(C)C)ccc1C(C)(C)C)C4=O. The Morgan fingerprint density at radius 3 is 1.69 bits per heavy atom. The number of imide groups is 1. The summed E-state index contributed by atoms with van der Waals surface area (Å²) in [6.45, 7) is 19.5. The van der Waals surface area contributed by atoms with E-state index in [0.29, 0.717) is 16.8 Å². The quantitative estimate of drug-likeness (QED) is 0.0948. The van der Waals surface area contributed by atoms with Crippen LogP contribution in [0.1, 0.15) is 113 Å². The van der Waals surface area contributed by atoms with Crippen molar-refractivity contribution in [3.8, 4) is 0 Å². The largest absolute Gasteiger partial charge is 0.371 e. The number of benzene rings is 6. The van der Waals surface area contributed by atoms with Gasteiger partial charge in [0.1, 0.15) is 0 Å². The molecule has 0 saturated heterocycles. The lowest BCUT2D eigenvalue weighted by Gasteiger charge is -2.34. The molecular formula is C44H48N2O2. The zero-order chi connectivity index (χ0) is 34.1. The zero-order valence-corrected chi connectivity index (χ0v) is 29.9. The Hall–Kier alpha value is -4.44. The Kier molecular flexibility index (Phi) is 7.77. The average molecular weight is 637 g/mol. The molecule has 6 aromatic carbocycles. The molecule has 48 heavy (non-hydrogen) atoms. The van der Waals surface area contributed by atoms with Crippen molar-refractivity contribution in [2.45, 2.75) is 91.9 Å². The van der Waals surface area contributed by atoms with Gasteiger partial charge in [0.15, 0.2) is 0 Å². The molecule has 4 heteroatoms. The topological polar surface area (TPSA) is 40.6 Å². The maximum Gasteiger partial charge on any atom is 0.265 e. The molecule has 7 rings (SSSR count). The predicted molar refractivity (Wildman–Crippen MR) is 205 cm³/mol. The minimum atomic E-state index is -0.264. The summed E-state index contributed by atoms with van der Waals surface area (Å²) in [6, 6.07) is 25.6. The van der Waals surface area contributed by atoms with E-state index in [1.165, 1.54) is 45.0 Å². The summed E-state index contributed by atoms with van der Waals surface area (Å²) in [6.07, 6.45) is 4.66. The van der Waals surface area contributed by atoms with E-state index in [2.05, 4.69) is 121 Å². The standard InChI is InChI=1S/C44H48N2O2/c1-9-11-24-45(25-12-10-2)36-23-21-29-31-18-20-34-40-33(19-17-30(39(31)40)28-14-13-15-32(36)38(28)29)41(47)46(42(34)48)37-26-27(43(3,4)5)16-22-35(37)44(6,7)8/h13-23,26H,9-12,24-25H2,1-8H3. The molecule has 246 valence electrons. The molecule has 0 bridgehead atoms. The highest BCUT2D eigenvalue weighted by atomic mass is 16.2. The molecule has 0 saturated carbocycles. The van der Waals surface area contributed by atoms with Crippen molar-refractivity contribution >= 4 is 66.3 Å². The summed E-state index contributed by atoms with van der Waals surface area (Å²) < 4.78 is 0. The molecule has 0 spiro atoms. The van der Waals surface area contributed by atoms with Crippen LogP contribution in [0.2, 0.25) is 0 Å². The van der Waals surface area contributed by atoms with Crippen molar-refractivity contribution in [2.24, 2.45) is 0 Å². The maximum absolute atomic E-state index is 14.6. The fourth-order valence-electron chi connectivity index (χ4n) is 7.84. The first kappa shape index (κ1) is 32.1. The molecule has 0 aliphatic carbocycles. The highest BCUT2D eigenvalue weighted by molar-refractivity contribution is 6.42. The molecule has 0 fully saturated rings. The second-order valence-corrected chi connectivity index (χ2v) is 15.8. The molecule has 0 radical (unpaired) electrons. The highest BCUT2D eigenvalue weighted by Gasteiger charge is 2.38. The molecule has 2 amide bonds. The van der Waals surface area contributed by atoms with Gasteiger partial charge in [0, 0.05) is 40.7 Å². The van der Waals surface area contributed by atoms with Gasteiger partial charge < -0.3 is 4.90 Å². The van der Waals surface area contributed by atoms with Crippen LogP contribution in [-0.4, -0.2) is 24.9 Å². The van der Waals surface area contributed by atoms with Crippen LogP contribution in [-0.2, 0) is 10.8 Å². The molecule has 1 heterocycles. The molecule has 0 atom stereocenters. The summed E-state index contributed by atoms with van der Waals surface area (Å²) in [5.74, 6) is -0.510. The lowest BCUT2D eigenvalue weighted by atomic mass is 9.80. The Bertz CT molecular complexity index is 2150. The van der Waals surface area contributed by atoms with Gasteiger partial charge in [-0.2, -0.15) is 0 Å². The van der Waals surface area contributed by atoms with Gasteiger partial charge in [0.25, 0.3) is 11.8 Å². The third kappa shape index (κ3) is 4.95. The number of anilines is 2. The normalized spacial score (nSPS) is 14.0. The number of amides is 2. The van der Waals surface area contributed by atoms with Gasteiger partial charge in [-0.15, -0.1) is 0 Å². The van der Waals surface area contributed by atoms with Crippen molar-refractivity contribution in [2.75, 3.05) is 22.9 Å². The number of carbonyl (C=O) groups is 2. The summed E-state index contributed by atoms with van der Waals surface area (Å²) in [5.41, 5.74) is 4.82. The van der Waals surface area contributed by atoms with Crippen LogP contribution in [0, 0.1) is 0 Å². The van der Waals surface area contributed by atoms with E-state index in [9.17, 15) is 9.59 Å². The molecule has 0 aromatic heterocycles. The molecular weight excluding hydrogens is 588 g/mol. The van der Waals surface area contributed by atoms with Crippen LogP contribution >= 0.6 is 0 Å². The minimum absolute atomic E-state index is 0.136. The molecule has 1 aliphatic rings. The van der Waals surface area contributed by atoms with Crippen LogP contribution < -0.4 is 9.80 Å². The van der Waals surface area contributed by atoms with Gasteiger partial charge in [0.05, 0.1) is 5.69 Å². The monoisotopic (exact) mass is 636 g/mol. The lowest BCUT2D eigenvalue weighted by Crippen LogP contribution is -2.42. The Morgan fingerprint density at radius 2 is 1.12 bits per heavy atom. The first-order chi connectivity index (χ1) is 22.9. The van der Waals surface area contributed by atoms with Crippen molar-refractivity contribution in [1.82, 2.24) is 0 Å². The zero-order valence-electron chi connectivity index (χ0n) is 29.9. The van der Waals surface area contributed by atoms with Crippen molar-refractivity contribution in [1.29, 1.82) is 0 Å². The first-order valence-corrected chi connectivity index (χ1v) is 17.8. The van der Waals surface area contributed by atoms with Crippen LogP contribution in [0.15, 0.2) is 72.8 Å². The predicted octanol–water partition coefficient (Wildman–Crippen LogP) is 11.5. The lowest BCUT2D eigenvalue weighted by molar-refractivity contribution is 0.0893. The van der Waals surface area contributed by atoms with Crippen LogP contribution in [0.3, 0.4) is 0 Å². The van der Waals surface area contributed by atoms with Crippen LogP contribution in [0.4, 0.5) is 11.4 Å². The van der Waals surface area contributed by atoms with Crippen molar-refractivity contribution < 1.29 is 9.59 Å². The van der Waals surface area contributed by atoms with Gasteiger partial charge in [-0.3, -0.25) is 9.59 Å². The fraction of sp³-hybridized carbons (Fsp3) is 0.364. The summed E-state index contributed by atoms with van der Waals surface area (Å²) in [5, 5.41) is 8.83. The smallest absolute Gasteiger partial charge is 0.265 e. The Balaban J connectivity index is 1.46. The number of unbranched alkanes of at least 4 members (excludes halogenated alkanes) is 2. The molecule has 4 nitrogen and oxygen atoms in total. The second-order valence-electron chi connectivity index (χ2n) is 15.8. The number of rotatable bonds is 8. The number of nitrogens with zero attached hydrogens (tertiary/aromatic N) is 2. The van der Waals surface area contributed by atoms with E-state index in [-0.39, 0.29) is 22.6 Å². The third-order valence-corrected chi connectivity index (χ3v) is 10.4. The third-order valence-electron chi connectivity index (χ3n) is 10.4. The van der Waals surface area contributed by atoms with Crippen molar-refractivity contribution in [3.05, 3.63) is 95.1 Å². The summed E-state index contributed by atoms with van der Waals surface area (Å²) in [7, 11) is 0. The number of hydrogen-bond donors (Lipinski definition) is 0. The Morgan fingerprint density at radius 1 is 0.583 bits per heavy atom. The molecule has 0 N–H and O–H groups in total. The van der Waals surface area contributed by atoms with Gasteiger partial charge in [0.2, 0.25) is 0 Å². The maximum atomic E-state index is 14.6. The first-order valence-electron chi connectivity index (χ1n) is 17.8. The number of hydrogen-bond acceptors (Lipinski definition) is 3.